The monoisotopic (exact) mass is 502 g/mol. The Hall–Kier alpha value is -4.23. The normalized spacial score (nSPS) is 13.5. The molecule has 35 heavy (non-hydrogen) atoms. The number of halogens is 4. The van der Waals surface area contributed by atoms with Crippen molar-refractivity contribution in [3.8, 4) is 5.69 Å². The smallest absolute Gasteiger partial charge is 0.322 e. The molecule has 1 aliphatic rings. The van der Waals surface area contributed by atoms with Crippen molar-refractivity contribution in [1.29, 1.82) is 0 Å². The van der Waals surface area contributed by atoms with Crippen LogP contribution in [0, 0.1) is 0 Å². The van der Waals surface area contributed by atoms with E-state index in [1.54, 1.807) is 12.3 Å². The van der Waals surface area contributed by atoms with E-state index in [0.29, 0.717) is 22.1 Å². The molecule has 0 spiro atoms. The molecule has 14 heteroatoms. The van der Waals surface area contributed by atoms with Crippen LogP contribution in [0.4, 0.5) is 24.7 Å². The first-order valence-electron chi connectivity index (χ1n) is 10.0. The Morgan fingerprint density at radius 2 is 2.00 bits per heavy atom. The number of pyridine rings is 2. The molecule has 0 aliphatic carbocycles. The fourth-order valence-electron chi connectivity index (χ4n) is 3.60. The van der Waals surface area contributed by atoms with Gasteiger partial charge in [-0.3, -0.25) is 9.59 Å². The summed E-state index contributed by atoms with van der Waals surface area (Å²) >= 11 is 6.20. The summed E-state index contributed by atoms with van der Waals surface area (Å²) < 4.78 is 43.0. The zero-order chi connectivity index (χ0) is 24.7. The Labute approximate surface area is 199 Å². The highest BCUT2D eigenvalue weighted by Gasteiger charge is 2.41. The predicted octanol–water partition coefficient (Wildman–Crippen LogP) is 3.34. The van der Waals surface area contributed by atoms with Gasteiger partial charge in [-0.05, 0) is 24.3 Å². The summed E-state index contributed by atoms with van der Waals surface area (Å²) in [6, 6.07) is 8.36. The van der Waals surface area contributed by atoms with Gasteiger partial charge < -0.3 is 10.3 Å². The van der Waals surface area contributed by atoms with E-state index in [1.807, 2.05) is 0 Å². The molecule has 10 nitrogen and oxygen atoms in total. The van der Waals surface area contributed by atoms with Crippen molar-refractivity contribution >= 4 is 46.1 Å². The molecule has 3 N–H and O–H groups in total. The van der Waals surface area contributed by atoms with E-state index < -0.39 is 28.9 Å². The second-order valence-corrected chi connectivity index (χ2v) is 7.74. The second-order valence-electron chi connectivity index (χ2n) is 7.33. The number of hydrogen-bond acceptors (Lipinski definition) is 7. The number of H-pyrrole nitrogens is 1. The zero-order valence-electron chi connectivity index (χ0n) is 17.5. The van der Waals surface area contributed by atoms with E-state index in [2.05, 4.69) is 30.9 Å². The number of carbonyl (C=O) groups is 1. The van der Waals surface area contributed by atoms with Crippen molar-refractivity contribution < 1.29 is 18.0 Å². The quantitative estimate of drug-likeness (QED) is 0.394. The Bertz CT molecular complexity index is 1550. The lowest BCUT2D eigenvalue weighted by Crippen LogP contribution is -2.29. The summed E-state index contributed by atoms with van der Waals surface area (Å²) in [5.74, 6) is -0.795. The predicted molar refractivity (Wildman–Crippen MR) is 123 cm³/mol. The van der Waals surface area contributed by atoms with Gasteiger partial charge in [0.05, 0.1) is 46.4 Å². The van der Waals surface area contributed by atoms with E-state index in [9.17, 15) is 22.8 Å². The van der Waals surface area contributed by atoms with Crippen molar-refractivity contribution in [1.82, 2.24) is 25.2 Å². The highest BCUT2D eigenvalue weighted by molar-refractivity contribution is 6.33. The molecule has 178 valence electrons. The minimum atomic E-state index is -4.92. The molecule has 0 fully saturated rings. The van der Waals surface area contributed by atoms with Gasteiger partial charge in [-0.2, -0.15) is 28.5 Å². The molecular weight excluding hydrogens is 489 g/mol. The van der Waals surface area contributed by atoms with Crippen LogP contribution in [0.25, 0.3) is 16.6 Å². The van der Waals surface area contributed by atoms with Crippen molar-refractivity contribution in [2.24, 2.45) is 5.10 Å². The zero-order valence-corrected chi connectivity index (χ0v) is 18.2. The number of fused-ring (bicyclic) bond motifs is 1. The first-order chi connectivity index (χ1) is 16.7. The number of carbonyl (C=O) groups excluding carboxylic acids is 1. The fraction of sp³-hybridized carbons (Fsp3) is 0.0952. The molecular formula is C21H14ClF3N8O2. The Balaban J connectivity index is 1.52. The molecule has 0 bridgehead atoms. The van der Waals surface area contributed by atoms with Gasteiger partial charge in [-0.25, -0.2) is 15.1 Å². The number of aromatic nitrogens is 4. The van der Waals surface area contributed by atoms with Gasteiger partial charge in [0.15, 0.2) is 11.5 Å². The number of nitrogens with one attached hydrogen (secondary N) is 3. The summed E-state index contributed by atoms with van der Waals surface area (Å²) in [5, 5.41) is 12.0. The number of hydrazone groups is 1. The number of alkyl halides is 3. The number of benzene rings is 1. The van der Waals surface area contributed by atoms with E-state index in [0.717, 1.165) is 6.20 Å². The molecule has 0 saturated heterocycles. The highest BCUT2D eigenvalue weighted by Crippen LogP contribution is 2.35. The molecule has 0 radical (unpaired) electrons. The van der Waals surface area contributed by atoms with Crippen molar-refractivity contribution in [3.05, 3.63) is 75.4 Å². The second kappa shape index (κ2) is 8.52. The molecule has 1 aromatic carbocycles. The lowest BCUT2D eigenvalue weighted by atomic mass is 10.1. The summed E-state index contributed by atoms with van der Waals surface area (Å²) in [6.45, 7) is 0.480. The third kappa shape index (κ3) is 4.22. The molecule has 5 rings (SSSR count). The Kier molecular flexibility index (Phi) is 5.49. The number of amides is 1. The molecule has 3 aromatic heterocycles. The topological polar surface area (TPSA) is 120 Å². The number of anilines is 2. The summed E-state index contributed by atoms with van der Waals surface area (Å²) in [5.41, 5.74) is 0.932. The van der Waals surface area contributed by atoms with Gasteiger partial charge in [0, 0.05) is 17.7 Å². The lowest BCUT2D eigenvalue weighted by molar-refractivity contribution is -0.143. The molecule has 1 amide bonds. The average Bonchev–Trinajstić information content (AvgIpc) is 3.49. The minimum absolute atomic E-state index is 0.0397. The fourth-order valence-corrected chi connectivity index (χ4v) is 3.85. The van der Waals surface area contributed by atoms with Gasteiger partial charge in [0.2, 0.25) is 5.56 Å². The van der Waals surface area contributed by atoms with Gasteiger partial charge in [0.25, 0.3) is 5.91 Å². The van der Waals surface area contributed by atoms with Crippen LogP contribution in [0.15, 0.2) is 58.7 Å². The van der Waals surface area contributed by atoms with Gasteiger partial charge in [0.1, 0.15) is 0 Å². The maximum absolute atomic E-state index is 14.1. The van der Waals surface area contributed by atoms with E-state index in [1.165, 1.54) is 41.6 Å². The van der Waals surface area contributed by atoms with Gasteiger partial charge in [-0.15, -0.1) is 0 Å². The molecule has 0 atom stereocenters. The van der Waals surface area contributed by atoms with Crippen LogP contribution < -0.4 is 21.4 Å². The third-order valence-electron chi connectivity index (χ3n) is 5.06. The Morgan fingerprint density at radius 1 is 1.17 bits per heavy atom. The maximum atomic E-state index is 14.1. The van der Waals surface area contributed by atoms with Crippen LogP contribution in [0.2, 0.25) is 5.02 Å². The molecule has 0 unspecified atom stereocenters. The largest absolute Gasteiger partial charge is 0.434 e. The summed E-state index contributed by atoms with van der Waals surface area (Å²) in [4.78, 5) is 31.1. The van der Waals surface area contributed by atoms with Crippen LogP contribution >= 0.6 is 11.6 Å². The van der Waals surface area contributed by atoms with Gasteiger partial charge in [-0.1, -0.05) is 17.7 Å². The number of rotatable bonds is 4. The van der Waals surface area contributed by atoms with Crippen LogP contribution in [0.1, 0.15) is 16.1 Å². The molecule has 4 aromatic rings. The average molecular weight is 503 g/mol. The highest BCUT2D eigenvalue weighted by atomic mass is 35.5. The number of aromatic amines is 1. The Morgan fingerprint density at radius 3 is 2.71 bits per heavy atom. The summed E-state index contributed by atoms with van der Waals surface area (Å²) in [6.07, 6.45) is -1.26. The van der Waals surface area contributed by atoms with Crippen molar-refractivity contribution in [3.63, 3.8) is 0 Å². The summed E-state index contributed by atoms with van der Waals surface area (Å²) in [7, 11) is 0. The van der Waals surface area contributed by atoms with Crippen molar-refractivity contribution in [2.45, 2.75) is 6.18 Å². The van der Waals surface area contributed by atoms with Crippen LogP contribution in [-0.4, -0.2) is 38.4 Å². The van der Waals surface area contributed by atoms with E-state index >= 15 is 0 Å². The first kappa shape index (κ1) is 22.6. The van der Waals surface area contributed by atoms with Gasteiger partial charge >= 0.3 is 6.18 Å². The SMILES string of the molecule is O=C(Nc1cnc(N2N=CCN2)c(Cl)c1)c1cnn(-c2cccc3[nH]c(=O)ccc23)c1C(F)(F)F. The van der Waals surface area contributed by atoms with Crippen LogP contribution in [0.3, 0.4) is 0 Å². The number of hydrazine groups is 1. The maximum Gasteiger partial charge on any atom is 0.434 e. The third-order valence-corrected chi connectivity index (χ3v) is 5.34. The molecule has 4 heterocycles. The number of hydrogen-bond donors (Lipinski definition) is 3. The van der Waals surface area contributed by atoms with E-state index in [-0.39, 0.29) is 22.2 Å². The minimum Gasteiger partial charge on any atom is -0.322 e. The standard InChI is InChI=1S/C21H14ClF3N8O2/c22-14-8-11(9-26-19(14)33-27-6-7-28-33)30-20(35)13-10-29-32(18(13)21(23,24)25)16-3-1-2-15-12(16)4-5-17(34)31-15/h1-6,8-10,28H,7H2,(H,30,35)(H,31,34). The lowest BCUT2D eigenvalue weighted by Gasteiger charge is -2.16. The van der Waals surface area contributed by atoms with Crippen LogP contribution in [0.5, 0.6) is 0 Å². The molecule has 0 saturated carbocycles. The van der Waals surface area contributed by atoms with Crippen LogP contribution in [-0.2, 0) is 6.18 Å². The van der Waals surface area contributed by atoms with Crippen molar-refractivity contribution in [2.75, 3.05) is 17.0 Å². The number of nitrogens with zero attached hydrogens (tertiary/aromatic N) is 5. The molecule has 1 aliphatic heterocycles. The first-order valence-corrected chi connectivity index (χ1v) is 10.4. The van der Waals surface area contributed by atoms with E-state index in [4.69, 9.17) is 11.6 Å².